The van der Waals surface area contributed by atoms with Gasteiger partial charge in [0.2, 0.25) is 11.8 Å². The van der Waals surface area contributed by atoms with Gasteiger partial charge >= 0.3 is 0 Å². The zero-order valence-corrected chi connectivity index (χ0v) is 16.0. The Morgan fingerprint density at radius 2 is 1.88 bits per heavy atom. The smallest absolute Gasteiger partial charge is 0.234 e. The van der Waals surface area contributed by atoms with E-state index in [4.69, 9.17) is 23.2 Å². The van der Waals surface area contributed by atoms with Gasteiger partial charge in [0.05, 0.1) is 23.0 Å². The number of amides is 2. The van der Waals surface area contributed by atoms with Gasteiger partial charge in [0.1, 0.15) is 0 Å². The third-order valence-corrected chi connectivity index (χ3v) is 4.98. The normalized spacial score (nSPS) is 15.8. The summed E-state index contributed by atoms with van der Waals surface area (Å²) in [5, 5.41) is 6.90. The zero-order chi connectivity index (χ0) is 18.2. The van der Waals surface area contributed by atoms with Gasteiger partial charge in [-0.1, -0.05) is 36.2 Å². The molecule has 0 saturated carbocycles. The second-order valence-electron chi connectivity index (χ2n) is 6.39. The van der Waals surface area contributed by atoms with Crippen molar-refractivity contribution in [2.24, 2.45) is 0 Å². The van der Waals surface area contributed by atoms with Crippen molar-refractivity contribution in [1.82, 2.24) is 15.5 Å². The Kier molecular flexibility index (Phi) is 8.00. The van der Waals surface area contributed by atoms with Crippen LogP contribution in [0, 0.1) is 0 Å². The van der Waals surface area contributed by atoms with Gasteiger partial charge in [0, 0.05) is 25.7 Å². The van der Waals surface area contributed by atoms with E-state index in [-0.39, 0.29) is 24.3 Å². The van der Waals surface area contributed by atoms with E-state index in [1.165, 1.54) is 0 Å². The molecule has 0 aromatic heterocycles. The third-order valence-electron chi connectivity index (χ3n) is 4.24. The molecule has 1 saturated heterocycles. The van der Waals surface area contributed by atoms with Crippen molar-refractivity contribution in [2.45, 2.75) is 38.6 Å². The van der Waals surface area contributed by atoms with Crippen LogP contribution in [-0.2, 0) is 16.0 Å². The van der Waals surface area contributed by atoms with Crippen LogP contribution in [0.25, 0.3) is 0 Å². The lowest BCUT2D eigenvalue weighted by Crippen LogP contribution is -2.47. The van der Waals surface area contributed by atoms with E-state index >= 15 is 0 Å². The van der Waals surface area contributed by atoms with E-state index < -0.39 is 0 Å². The highest BCUT2D eigenvalue weighted by atomic mass is 35.5. The number of hydrogen-bond acceptors (Lipinski definition) is 3. The standard InChI is InChI=1S/C18H25Cl2N3O2/c1-2-7-21-18(25)12-23-8-5-14(6-9-23)22-17(24)11-13-3-4-15(19)16(20)10-13/h3-4,10,14H,2,5-9,11-12H2,1H3,(H,21,25)(H,22,24). The van der Waals surface area contributed by atoms with Crippen molar-refractivity contribution < 1.29 is 9.59 Å². The molecule has 1 aliphatic heterocycles. The first-order chi connectivity index (χ1) is 12.0. The van der Waals surface area contributed by atoms with Crippen molar-refractivity contribution >= 4 is 35.0 Å². The minimum atomic E-state index is -0.0162. The first-order valence-electron chi connectivity index (χ1n) is 8.70. The van der Waals surface area contributed by atoms with E-state index in [1.54, 1.807) is 12.1 Å². The van der Waals surface area contributed by atoms with Crippen molar-refractivity contribution in [3.63, 3.8) is 0 Å². The number of likely N-dealkylation sites (tertiary alicyclic amines) is 1. The maximum Gasteiger partial charge on any atom is 0.234 e. The molecule has 1 heterocycles. The maximum atomic E-state index is 12.2. The van der Waals surface area contributed by atoms with E-state index in [0.717, 1.165) is 44.5 Å². The summed E-state index contributed by atoms with van der Waals surface area (Å²) in [6.45, 7) is 4.82. The Labute approximate surface area is 159 Å². The van der Waals surface area contributed by atoms with Gasteiger partial charge < -0.3 is 10.6 Å². The Balaban J connectivity index is 1.71. The van der Waals surface area contributed by atoms with Crippen LogP contribution in [-0.4, -0.2) is 48.9 Å². The van der Waals surface area contributed by atoms with Crippen LogP contribution >= 0.6 is 23.2 Å². The summed E-state index contributed by atoms with van der Waals surface area (Å²) in [5.41, 5.74) is 0.844. The fraction of sp³-hybridized carbons (Fsp3) is 0.556. The molecule has 7 heteroatoms. The van der Waals surface area contributed by atoms with Gasteiger partial charge in [-0.2, -0.15) is 0 Å². The van der Waals surface area contributed by atoms with Crippen LogP contribution in [0.2, 0.25) is 10.0 Å². The molecule has 0 unspecified atom stereocenters. The Hall–Kier alpha value is -1.30. The molecule has 0 aliphatic carbocycles. The largest absolute Gasteiger partial charge is 0.355 e. The highest BCUT2D eigenvalue weighted by Crippen LogP contribution is 2.22. The molecular formula is C18H25Cl2N3O2. The fourth-order valence-corrected chi connectivity index (χ4v) is 3.19. The van der Waals surface area contributed by atoms with Gasteiger partial charge in [-0.25, -0.2) is 0 Å². The zero-order valence-electron chi connectivity index (χ0n) is 14.5. The molecule has 0 radical (unpaired) electrons. The molecule has 25 heavy (non-hydrogen) atoms. The summed E-state index contributed by atoms with van der Waals surface area (Å²) < 4.78 is 0. The predicted octanol–water partition coefficient (Wildman–Crippen LogP) is 2.64. The van der Waals surface area contributed by atoms with Crippen molar-refractivity contribution in [2.75, 3.05) is 26.2 Å². The summed E-state index contributed by atoms with van der Waals surface area (Å²) in [5.74, 6) is 0.0569. The molecule has 5 nitrogen and oxygen atoms in total. The highest BCUT2D eigenvalue weighted by molar-refractivity contribution is 6.42. The topological polar surface area (TPSA) is 61.4 Å². The van der Waals surface area contributed by atoms with E-state index in [9.17, 15) is 9.59 Å². The lowest BCUT2D eigenvalue weighted by Gasteiger charge is -2.31. The maximum absolute atomic E-state index is 12.2. The quantitative estimate of drug-likeness (QED) is 0.758. The van der Waals surface area contributed by atoms with Crippen LogP contribution < -0.4 is 10.6 Å². The first-order valence-corrected chi connectivity index (χ1v) is 9.46. The lowest BCUT2D eigenvalue weighted by molar-refractivity contribution is -0.124. The van der Waals surface area contributed by atoms with Crippen LogP contribution in [0.3, 0.4) is 0 Å². The lowest BCUT2D eigenvalue weighted by atomic mass is 10.0. The van der Waals surface area contributed by atoms with Gasteiger partial charge in [-0.05, 0) is 37.0 Å². The molecule has 138 valence electrons. The molecule has 2 amide bonds. The number of benzene rings is 1. The summed E-state index contributed by atoms with van der Waals surface area (Å²) >= 11 is 11.9. The summed E-state index contributed by atoms with van der Waals surface area (Å²) in [6, 6.07) is 5.39. The fourth-order valence-electron chi connectivity index (χ4n) is 2.87. The molecule has 0 spiro atoms. The molecule has 1 fully saturated rings. The average Bonchev–Trinajstić information content (AvgIpc) is 2.58. The minimum Gasteiger partial charge on any atom is -0.355 e. The number of carbonyl (C=O) groups is 2. The molecule has 1 aromatic rings. The number of hydrogen-bond donors (Lipinski definition) is 2. The van der Waals surface area contributed by atoms with Crippen molar-refractivity contribution in [1.29, 1.82) is 0 Å². The third kappa shape index (κ3) is 6.84. The van der Waals surface area contributed by atoms with Crippen LogP contribution in [0.1, 0.15) is 31.7 Å². The van der Waals surface area contributed by atoms with Gasteiger partial charge in [0.15, 0.2) is 0 Å². The number of carbonyl (C=O) groups excluding carboxylic acids is 2. The molecule has 1 aliphatic rings. The van der Waals surface area contributed by atoms with Crippen LogP contribution in [0.15, 0.2) is 18.2 Å². The molecule has 2 N–H and O–H groups in total. The van der Waals surface area contributed by atoms with Gasteiger partial charge in [-0.3, -0.25) is 14.5 Å². The molecule has 0 bridgehead atoms. The predicted molar refractivity (Wildman–Crippen MR) is 101 cm³/mol. The van der Waals surface area contributed by atoms with E-state index in [2.05, 4.69) is 15.5 Å². The molecule has 0 atom stereocenters. The monoisotopic (exact) mass is 385 g/mol. The molecule has 1 aromatic carbocycles. The van der Waals surface area contributed by atoms with Gasteiger partial charge in [0.25, 0.3) is 0 Å². The number of nitrogens with one attached hydrogen (secondary N) is 2. The number of nitrogens with zero attached hydrogens (tertiary/aromatic N) is 1. The number of halogens is 2. The summed E-state index contributed by atoms with van der Waals surface area (Å²) in [4.78, 5) is 26.1. The Bertz CT molecular complexity index is 602. The van der Waals surface area contributed by atoms with Crippen molar-refractivity contribution in [3.8, 4) is 0 Å². The van der Waals surface area contributed by atoms with Crippen LogP contribution in [0.5, 0.6) is 0 Å². The highest BCUT2D eigenvalue weighted by Gasteiger charge is 2.22. The number of rotatable bonds is 7. The van der Waals surface area contributed by atoms with Crippen LogP contribution in [0.4, 0.5) is 0 Å². The SMILES string of the molecule is CCCNC(=O)CN1CCC(NC(=O)Cc2ccc(Cl)c(Cl)c2)CC1. The first kappa shape index (κ1) is 20.0. The van der Waals surface area contributed by atoms with E-state index in [1.807, 2.05) is 13.0 Å². The summed E-state index contributed by atoms with van der Waals surface area (Å²) in [6.07, 6.45) is 2.94. The second-order valence-corrected chi connectivity index (χ2v) is 7.21. The van der Waals surface area contributed by atoms with Crippen molar-refractivity contribution in [3.05, 3.63) is 33.8 Å². The molecule has 2 rings (SSSR count). The minimum absolute atomic E-state index is 0.0162. The van der Waals surface area contributed by atoms with Gasteiger partial charge in [-0.15, -0.1) is 0 Å². The van der Waals surface area contributed by atoms with E-state index in [0.29, 0.717) is 16.6 Å². The summed E-state index contributed by atoms with van der Waals surface area (Å²) in [7, 11) is 0. The Morgan fingerprint density at radius 1 is 1.16 bits per heavy atom. The molecular weight excluding hydrogens is 361 g/mol. The number of piperidine rings is 1. The second kappa shape index (κ2) is 10.00. The average molecular weight is 386 g/mol. The Morgan fingerprint density at radius 3 is 2.52 bits per heavy atom.